The second kappa shape index (κ2) is 9.59. The van der Waals surface area contributed by atoms with Gasteiger partial charge in [-0.15, -0.1) is 12.2 Å². The largest absolute Gasteiger partial charge is 2.00 e. The Morgan fingerprint density at radius 3 is 0.882 bits per heavy atom. The van der Waals surface area contributed by atoms with Gasteiger partial charge in [-0.05, 0) is 10.8 Å². The first-order valence-corrected chi connectivity index (χ1v) is 6.15. The minimum absolute atomic E-state index is 0. The molecule has 0 heterocycles. The van der Waals surface area contributed by atoms with Crippen LogP contribution < -0.4 is 10.2 Å². The summed E-state index contributed by atoms with van der Waals surface area (Å²) >= 11 is 0. The fraction of sp³-hybridized carbons (Fsp3) is 1.00. The minimum atomic E-state index is -0.407. The first kappa shape index (κ1) is 22.8. The molecule has 0 radical (unpaired) electrons. The van der Waals surface area contributed by atoms with Gasteiger partial charge in [-0.2, -0.15) is 0 Å². The van der Waals surface area contributed by atoms with Crippen molar-refractivity contribution in [3.63, 3.8) is 0 Å². The second-order valence-corrected chi connectivity index (χ2v) is 7.15. The first-order chi connectivity index (χ1) is 6.83. The quantitative estimate of drug-likeness (QED) is 0.707. The van der Waals surface area contributed by atoms with Gasteiger partial charge in [0, 0.05) is 0 Å². The van der Waals surface area contributed by atoms with Crippen molar-refractivity contribution in [1.29, 1.82) is 0 Å². The number of hydrogen-bond donors (Lipinski definition) is 0. The summed E-state index contributed by atoms with van der Waals surface area (Å²) in [5, 5.41) is 21.1. The van der Waals surface area contributed by atoms with Crippen molar-refractivity contribution in [2.24, 2.45) is 10.8 Å². The Morgan fingerprint density at radius 2 is 0.882 bits per heavy atom. The van der Waals surface area contributed by atoms with E-state index in [0.717, 1.165) is 12.8 Å². The summed E-state index contributed by atoms with van der Waals surface area (Å²) in [5.41, 5.74) is 0.419. The van der Waals surface area contributed by atoms with Crippen LogP contribution in [-0.4, -0.2) is 35.3 Å². The number of rotatable bonds is 2. The van der Waals surface area contributed by atoms with Gasteiger partial charge in [-0.1, -0.05) is 68.2 Å². The van der Waals surface area contributed by atoms with E-state index in [1.165, 1.54) is 0 Å². The molecule has 0 aliphatic rings. The molecule has 0 rings (SSSR count). The van der Waals surface area contributed by atoms with Crippen LogP contribution in [0.25, 0.3) is 0 Å². The molecule has 2 unspecified atom stereocenters. The fourth-order valence-electron chi connectivity index (χ4n) is 1.72. The summed E-state index contributed by atoms with van der Waals surface area (Å²) in [4.78, 5) is 0. The van der Waals surface area contributed by atoms with Gasteiger partial charge in [0.05, 0.1) is 0 Å². The van der Waals surface area contributed by atoms with E-state index in [1.807, 2.05) is 0 Å². The van der Waals surface area contributed by atoms with E-state index >= 15 is 0 Å². The molecule has 2 nitrogen and oxygen atoms in total. The van der Waals surface area contributed by atoms with Gasteiger partial charge in [0.1, 0.15) is 0 Å². The maximum absolute atomic E-state index is 10.5. The second-order valence-electron chi connectivity index (χ2n) is 7.15. The molecule has 17 heavy (non-hydrogen) atoms. The molecule has 0 spiro atoms. The van der Waals surface area contributed by atoms with E-state index in [-0.39, 0.29) is 33.9 Å². The third-order valence-corrected chi connectivity index (χ3v) is 1.80. The summed E-state index contributed by atoms with van der Waals surface area (Å²) in [7, 11) is 0. The number of hydrogen-bond acceptors (Lipinski definition) is 2. The molecule has 3 heteroatoms. The molecule has 0 saturated carbocycles. The third kappa shape index (κ3) is 31.5. The molecule has 0 N–H and O–H groups in total. The molecule has 2 atom stereocenters. The van der Waals surface area contributed by atoms with Gasteiger partial charge >= 0.3 is 23.1 Å². The Bertz CT molecular complexity index is 144. The van der Waals surface area contributed by atoms with Crippen molar-refractivity contribution in [3.8, 4) is 0 Å². The van der Waals surface area contributed by atoms with E-state index in [1.54, 1.807) is 13.8 Å². The monoisotopic (exact) mass is 254 g/mol. The van der Waals surface area contributed by atoms with E-state index in [9.17, 15) is 10.2 Å². The molecule has 0 fully saturated rings. The average molecular weight is 255 g/mol. The maximum Gasteiger partial charge on any atom is 2.00 e. The summed E-state index contributed by atoms with van der Waals surface area (Å²) in [6, 6.07) is 0. The summed E-state index contributed by atoms with van der Waals surface area (Å²) in [5.74, 6) is 0. The van der Waals surface area contributed by atoms with E-state index in [4.69, 9.17) is 0 Å². The van der Waals surface area contributed by atoms with Crippen LogP contribution in [-0.2, 0) is 0 Å². The van der Waals surface area contributed by atoms with Gasteiger partial charge in [-0.25, -0.2) is 0 Å². The minimum Gasteiger partial charge on any atom is -0.852 e. The van der Waals surface area contributed by atoms with Crippen molar-refractivity contribution in [2.45, 2.75) is 80.4 Å². The molecule has 0 aliphatic carbocycles. The molecule has 100 valence electrons. The molecule has 0 saturated heterocycles. The SMILES string of the molecule is CC([O-])CC(C)(C)C.CC([O-])CC(C)(C)C.[Mg+2]. The van der Waals surface area contributed by atoms with E-state index < -0.39 is 12.2 Å². The molecule has 0 aromatic rings. The predicted octanol–water partition coefficient (Wildman–Crippen LogP) is 1.96. The first-order valence-electron chi connectivity index (χ1n) is 6.15. The summed E-state index contributed by atoms with van der Waals surface area (Å²) in [6.45, 7) is 15.9. The molecule has 0 aliphatic heterocycles. The van der Waals surface area contributed by atoms with Crippen molar-refractivity contribution >= 4 is 23.1 Å². The Labute approximate surface area is 124 Å². The van der Waals surface area contributed by atoms with Crippen LogP contribution >= 0.6 is 0 Å². The Hall–Kier alpha value is 0.686. The Kier molecular flexibility index (Phi) is 12.9. The Balaban J connectivity index is -0.000000218. The van der Waals surface area contributed by atoms with Crippen LogP contribution in [0.15, 0.2) is 0 Å². The fourth-order valence-corrected chi connectivity index (χ4v) is 1.72. The zero-order valence-corrected chi connectivity index (χ0v) is 14.5. The van der Waals surface area contributed by atoms with Crippen LogP contribution in [0.3, 0.4) is 0 Å². The van der Waals surface area contributed by atoms with Gasteiger partial charge in [0.2, 0.25) is 0 Å². The maximum atomic E-state index is 10.5. The average Bonchev–Trinajstić information content (AvgIpc) is 1.72. The van der Waals surface area contributed by atoms with E-state index in [2.05, 4.69) is 41.5 Å². The molecule has 0 aromatic carbocycles. The zero-order valence-electron chi connectivity index (χ0n) is 13.1. The van der Waals surface area contributed by atoms with Crippen molar-refractivity contribution in [1.82, 2.24) is 0 Å². The Morgan fingerprint density at radius 1 is 0.706 bits per heavy atom. The van der Waals surface area contributed by atoms with Crippen LogP contribution in [0.2, 0.25) is 0 Å². The third-order valence-electron chi connectivity index (χ3n) is 1.80. The summed E-state index contributed by atoms with van der Waals surface area (Å²) in [6.07, 6.45) is 0.727. The van der Waals surface area contributed by atoms with Crippen molar-refractivity contribution in [3.05, 3.63) is 0 Å². The van der Waals surface area contributed by atoms with Gasteiger partial charge in [0.25, 0.3) is 0 Å². The van der Waals surface area contributed by atoms with Crippen LogP contribution in [0.5, 0.6) is 0 Å². The zero-order chi connectivity index (χ0) is 13.6. The normalized spacial score (nSPS) is 15.2. The van der Waals surface area contributed by atoms with Crippen molar-refractivity contribution < 1.29 is 10.2 Å². The van der Waals surface area contributed by atoms with Crippen LogP contribution in [0, 0.1) is 10.8 Å². The predicted molar refractivity (Wildman–Crippen MR) is 72.8 cm³/mol. The standard InChI is InChI=1S/2C7H15O.Mg/c2*1-6(8)5-7(2,3)4;/h2*6H,5H2,1-4H3;/q2*-1;+2. The molecule has 0 bridgehead atoms. The van der Waals surface area contributed by atoms with Gasteiger partial charge in [-0.3, -0.25) is 0 Å². The van der Waals surface area contributed by atoms with Crippen molar-refractivity contribution in [2.75, 3.05) is 0 Å². The van der Waals surface area contributed by atoms with E-state index in [0.29, 0.717) is 0 Å². The molecular formula is C14H30MgO2. The van der Waals surface area contributed by atoms with Crippen LogP contribution in [0.4, 0.5) is 0 Å². The van der Waals surface area contributed by atoms with Gasteiger partial charge in [0.15, 0.2) is 0 Å². The smallest absolute Gasteiger partial charge is 0.852 e. The summed E-state index contributed by atoms with van der Waals surface area (Å²) < 4.78 is 0. The van der Waals surface area contributed by atoms with Crippen LogP contribution in [0.1, 0.15) is 68.2 Å². The molecular weight excluding hydrogens is 224 g/mol. The van der Waals surface area contributed by atoms with Gasteiger partial charge < -0.3 is 10.2 Å². The molecule has 0 aromatic heterocycles. The topological polar surface area (TPSA) is 46.1 Å². The molecule has 0 amide bonds.